The van der Waals surface area contributed by atoms with Crippen molar-refractivity contribution in [3.63, 3.8) is 0 Å². The topological polar surface area (TPSA) is 51.2 Å². The molecule has 0 saturated carbocycles. The first-order valence-corrected chi connectivity index (χ1v) is 6.99. The zero-order valence-electron chi connectivity index (χ0n) is 10.7. The maximum atomic E-state index is 12.0. The van der Waals surface area contributed by atoms with E-state index in [4.69, 9.17) is 16.3 Å². The summed E-state index contributed by atoms with van der Waals surface area (Å²) in [4.78, 5) is 16.1. The lowest BCUT2D eigenvalue weighted by atomic mass is 10.2. The van der Waals surface area contributed by atoms with Crippen LogP contribution in [0.1, 0.15) is 15.9 Å². The van der Waals surface area contributed by atoms with E-state index in [0.717, 1.165) is 5.56 Å². The number of benzene rings is 1. The van der Waals surface area contributed by atoms with E-state index < -0.39 is 0 Å². The van der Waals surface area contributed by atoms with Gasteiger partial charge in [0.25, 0.3) is 5.91 Å². The number of aromatic nitrogens is 1. The summed E-state index contributed by atoms with van der Waals surface area (Å²) in [6.07, 6.45) is 1.66. The molecule has 0 saturated heterocycles. The normalized spacial score (nSPS) is 10.2. The Hall–Kier alpha value is -1.59. The van der Waals surface area contributed by atoms with Crippen molar-refractivity contribution in [3.8, 4) is 5.88 Å². The zero-order valence-corrected chi connectivity index (χ0v) is 13.0. The smallest absolute Gasteiger partial charge is 0.252 e. The quantitative estimate of drug-likeness (QED) is 0.914. The van der Waals surface area contributed by atoms with Gasteiger partial charge in [0.2, 0.25) is 5.88 Å². The van der Waals surface area contributed by atoms with Crippen LogP contribution in [-0.4, -0.2) is 18.0 Å². The van der Waals surface area contributed by atoms with Crippen molar-refractivity contribution in [1.82, 2.24) is 10.3 Å². The van der Waals surface area contributed by atoms with E-state index in [0.29, 0.717) is 27.5 Å². The zero-order chi connectivity index (χ0) is 14.5. The fourth-order valence-electron chi connectivity index (χ4n) is 1.59. The number of hydrogen-bond donors (Lipinski definition) is 1. The number of hydrogen-bond acceptors (Lipinski definition) is 3. The van der Waals surface area contributed by atoms with Gasteiger partial charge < -0.3 is 10.1 Å². The predicted octanol–water partition coefficient (Wildman–Crippen LogP) is 3.44. The molecule has 0 atom stereocenters. The molecule has 0 spiro atoms. The van der Waals surface area contributed by atoms with Crippen molar-refractivity contribution < 1.29 is 9.53 Å². The number of carbonyl (C=O) groups is 1. The number of methoxy groups -OCH3 is 1. The Morgan fingerprint density at radius 1 is 1.40 bits per heavy atom. The highest BCUT2D eigenvalue weighted by Gasteiger charge is 2.10. The molecule has 6 heteroatoms. The van der Waals surface area contributed by atoms with Gasteiger partial charge in [-0.3, -0.25) is 4.79 Å². The Morgan fingerprint density at radius 2 is 2.20 bits per heavy atom. The average Bonchev–Trinajstić information content (AvgIpc) is 2.45. The number of nitrogens with one attached hydrogen (secondary N) is 1. The van der Waals surface area contributed by atoms with Gasteiger partial charge in [0.1, 0.15) is 0 Å². The second kappa shape index (κ2) is 6.72. The number of carbonyl (C=O) groups excluding carboxylic acids is 1. The minimum Gasteiger partial charge on any atom is -0.481 e. The van der Waals surface area contributed by atoms with Gasteiger partial charge in [-0.25, -0.2) is 4.98 Å². The number of pyridine rings is 1. The van der Waals surface area contributed by atoms with E-state index in [1.807, 2.05) is 6.07 Å². The highest BCUT2D eigenvalue weighted by molar-refractivity contribution is 9.10. The van der Waals surface area contributed by atoms with Gasteiger partial charge in [-0.1, -0.05) is 17.7 Å². The standard InChI is InChI=1S/C14H12BrClN2O2/c1-20-13-5-2-9(7-17-13)8-18-14(19)11-4-3-10(16)6-12(11)15/h2-7H,8H2,1H3,(H,18,19). The number of halogens is 2. The van der Waals surface area contributed by atoms with E-state index in [-0.39, 0.29) is 5.91 Å². The van der Waals surface area contributed by atoms with E-state index in [9.17, 15) is 4.79 Å². The molecule has 4 nitrogen and oxygen atoms in total. The number of nitrogens with zero attached hydrogens (tertiary/aromatic N) is 1. The van der Waals surface area contributed by atoms with Crippen molar-refractivity contribution in [1.29, 1.82) is 0 Å². The van der Waals surface area contributed by atoms with Crippen molar-refractivity contribution in [2.75, 3.05) is 7.11 Å². The summed E-state index contributed by atoms with van der Waals surface area (Å²) in [5.41, 5.74) is 1.43. The molecule has 1 heterocycles. The molecule has 0 aliphatic heterocycles. The van der Waals surface area contributed by atoms with Crippen molar-refractivity contribution >= 4 is 33.4 Å². The van der Waals surface area contributed by atoms with Crippen LogP contribution in [0.4, 0.5) is 0 Å². The van der Waals surface area contributed by atoms with Gasteiger partial charge in [0.05, 0.1) is 12.7 Å². The molecule has 0 aliphatic rings. The van der Waals surface area contributed by atoms with Crippen LogP contribution in [0.3, 0.4) is 0 Å². The largest absolute Gasteiger partial charge is 0.481 e. The number of rotatable bonds is 4. The van der Waals surface area contributed by atoms with Crippen LogP contribution in [-0.2, 0) is 6.54 Å². The summed E-state index contributed by atoms with van der Waals surface area (Å²) < 4.78 is 5.64. The Bertz CT molecular complexity index is 617. The highest BCUT2D eigenvalue weighted by Crippen LogP contribution is 2.21. The van der Waals surface area contributed by atoms with Crippen LogP contribution in [0.15, 0.2) is 41.0 Å². The minimum absolute atomic E-state index is 0.177. The third-order valence-corrected chi connectivity index (χ3v) is 3.53. The lowest BCUT2D eigenvalue weighted by molar-refractivity contribution is 0.0950. The van der Waals surface area contributed by atoms with Crippen LogP contribution in [0.25, 0.3) is 0 Å². The van der Waals surface area contributed by atoms with Crippen LogP contribution < -0.4 is 10.1 Å². The first-order chi connectivity index (χ1) is 9.60. The molecule has 0 bridgehead atoms. The molecule has 0 aliphatic carbocycles. The average molecular weight is 356 g/mol. The molecule has 104 valence electrons. The molecule has 1 N–H and O–H groups in total. The fraction of sp³-hybridized carbons (Fsp3) is 0.143. The van der Waals surface area contributed by atoms with E-state index in [1.165, 1.54) is 0 Å². The second-order valence-electron chi connectivity index (χ2n) is 4.02. The maximum Gasteiger partial charge on any atom is 0.252 e. The molecule has 0 unspecified atom stereocenters. The van der Waals surface area contributed by atoms with Crippen molar-refractivity contribution in [3.05, 3.63) is 57.2 Å². The van der Waals surface area contributed by atoms with Gasteiger partial charge in [0, 0.05) is 28.3 Å². The van der Waals surface area contributed by atoms with Crippen LogP contribution in [0.5, 0.6) is 5.88 Å². The molecule has 0 fully saturated rings. The van der Waals surface area contributed by atoms with Gasteiger partial charge in [-0.15, -0.1) is 0 Å². The predicted molar refractivity (Wildman–Crippen MR) is 81.1 cm³/mol. The molecule has 2 rings (SSSR count). The molecule has 1 aromatic heterocycles. The summed E-state index contributed by atoms with van der Waals surface area (Å²) in [6.45, 7) is 0.394. The molecule has 20 heavy (non-hydrogen) atoms. The summed E-state index contributed by atoms with van der Waals surface area (Å²) in [5.74, 6) is 0.366. The van der Waals surface area contributed by atoms with Crippen LogP contribution in [0, 0.1) is 0 Å². The second-order valence-corrected chi connectivity index (χ2v) is 5.31. The SMILES string of the molecule is COc1ccc(CNC(=O)c2ccc(Cl)cc2Br)cn1. The lowest BCUT2D eigenvalue weighted by Gasteiger charge is -2.07. The first-order valence-electron chi connectivity index (χ1n) is 5.82. The van der Waals surface area contributed by atoms with Gasteiger partial charge in [-0.05, 0) is 39.7 Å². The Morgan fingerprint density at radius 3 is 2.80 bits per heavy atom. The first kappa shape index (κ1) is 14.8. The monoisotopic (exact) mass is 354 g/mol. The number of amides is 1. The molecule has 1 aromatic carbocycles. The van der Waals surface area contributed by atoms with Crippen molar-refractivity contribution in [2.24, 2.45) is 0 Å². The third kappa shape index (κ3) is 3.71. The Balaban J connectivity index is 2.00. The van der Waals surface area contributed by atoms with Crippen LogP contribution in [0.2, 0.25) is 5.02 Å². The van der Waals surface area contributed by atoms with Gasteiger partial charge >= 0.3 is 0 Å². The lowest BCUT2D eigenvalue weighted by Crippen LogP contribution is -2.23. The van der Waals surface area contributed by atoms with Crippen molar-refractivity contribution in [2.45, 2.75) is 6.54 Å². The maximum absolute atomic E-state index is 12.0. The van der Waals surface area contributed by atoms with Gasteiger partial charge in [0.15, 0.2) is 0 Å². The fourth-order valence-corrected chi connectivity index (χ4v) is 2.45. The summed E-state index contributed by atoms with van der Waals surface area (Å²) >= 11 is 9.16. The molecule has 0 radical (unpaired) electrons. The Kier molecular flexibility index (Phi) is 4.98. The summed E-state index contributed by atoms with van der Waals surface area (Å²) in [5, 5.41) is 3.40. The van der Waals surface area contributed by atoms with Crippen LogP contribution >= 0.6 is 27.5 Å². The van der Waals surface area contributed by atoms with Gasteiger partial charge in [-0.2, -0.15) is 0 Å². The molecule has 1 amide bonds. The molecular formula is C14H12BrClN2O2. The number of ether oxygens (including phenoxy) is 1. The minimum atomic E-state index is -0.177. The molecular weight excluding hydrogens is 344 g/mol. The van der Waals surface area contributed by atoms with E-state index in [2.05, 4.69) is 26.2 Å². The van der Waals surface area contributed by atoms with E-state index >= 15 is 0 Å². The third-order valence-electron chi connectivity index (χ3n) is 2.64. The van der Waals surface area contributed by atoms with E-state index in [1.54, 1.807) is 37.6 Å². The summed E-state index contributed by atoms with van der Waals surface area (Å²) in [6, 6.07) is 8.64. The molecule has 2 aromatic rings. The summed E-state index contributed by atoms with van der Waals surface area (Å²) in [7, 11) is 1.56. The highest BCUT2D eigenvalue weighted by atomic mass is 79.9. The Labute approximate surface area is 130 Å².